The van der Waals surface area contributed by atoms with E-state index in [0.29, 0.717) is 12.5 Å². The molecule has 128 valence electrons. The topological polar surface area (TPSA) is 87.3 Å². The lowest BCUT2D eigenvalue weighted by Crippen LogP contribution is -2.51. The van der Waals surface area contributed by atoms with Crippen LogP contribution in [-0.2, 0) is 9.53 Å². The van der Waals surface area contributed by atoms with Crippen LogP contribution in [0.1, 0.15) is 39.1 Å². The van der Waals surface area contributed by atoms with Crippen molar-refractivity contribution in [2.24, 2.45) is 11.8 Å². The Morgan fingerprint density at radius 3 is 2.74 bits per heavy atom. The van der Waals surface area contributed by atoms with Gasteiger partial charge in [0.15, 0.2) is 0 Å². The Morgan fingerprint density at radius 1 is 1.52 bits per heavy atom. The van der Waals surface area contributed by atoms with E-state index in [4.69, 9.17) is 0 Å². The minimum Gasteiger partial charge on any atom is -0.453 e. The minimum atomic E-state index is -0.607. The summed E-state index contributed by atoms with van der Waals surface area (Å²) in [6, 6.07) is -0.689. The average Bonchev–Trinajstić information content (AvgIpc) is 3.09. The zero-order chi connectivity index (χ0) is 17.1. The lowest BCUT2D eigenvalue weighted by Gasteiger charge is -2.30. The summed E-state index contributed by atoms with van der Waals surface area (Å²) in [7, 11) is 1.29. The number of likely N-dealkylation sites (tertiary alicyclic amines) is 1. The summed E-state index contributed by atoms with van der Waals surface area (Å²) in [5, 5.41) is 2.65. The van der Waals surface area contributed by atoms with Gasteiger partial charge in [0.2, 0.25) is 5.91 Å². The minimum absolute atomic E-state index is 0.0325. The second kappa shape index (κ2) is 7.50. The van der Waals surface area contributed by atoms with Gasteiger partial charge in [0.1, 0.15) is 15.6 Å². The molecule has 2 heterocycles. The number of alkyl carbamates (subject to hydrolysis) is 1. The number of aromatic nitrogens is 2. The zero-order valence-corrected chi connectivity index (χ0v) is 16.0. The fourth-order valence-electron chi connectivity index (χ4n) is 2.91. The van der Waals surface area contributed by atoms with Crippen LogP contribution in [0.5, 0.6) is 0 Å². The van der Waals surface area contributed by atoms with Crippen LogP contribution in [0, 0.1) is 15.5 Å². The van der Waals surface area contributed by atoms with E-state index in [-0.39, 0.29) is 17.9 Å². The maximum absolute atomic E-state index is 13.0. The number of aromatic amines is 1. The Labute approximate surface area is 149 Å². The highest BCUT2D eigenvalue weighted by Gasteiger charge is 2.39. The highest BCUT2D eigenvalue weighted by molar-refractivity contribution is 14.1. The summed E-state index contributed by atoms with van der Waals surface area (Å²) in [6.07, 6.45) is 2.10. The summed E-state index contributed by atoms with van der Waals surface area (Å²) in [5.74, 6) is 1.06. The molecular formula is C15H23IN4O3. The molecule has 1 aliphatic heterocycles. The molecule has 1 aliphatic rings. The molecule has 0 unspecified atom stereocenters. The Bertz CT molecular complexity index is 575. The van der Waals surface area contributed by atoms with Gasteiger partial charge in [0.05, 0.1) is 13.2 Å². The van der Waals surface area contributed by atoms with Crippen LogP contribution in [-0.4, -0.2) is 46.6 Å². The van der Waals surface area contributed by atoms with E-state index in [1.54, 1.807) is 0 Å². The fraction of sp³-hybridized carbons (Fsp3) is 0.667. The number of nitrogens with one attached hydrogen (secondary N) is 2. The van der Waals surface area contributed by atoms with Crippen molar-refractivity contribution in [2.45, 2.75) is 39.3 Å². The van der Waals surface area contributed by atoms with E-state index in [1.165, 1.54) is 7.11 Å². The van der Waals surface area contributed by atoms with Crippen molar-refractivity contribution >= 4 is 34.6 Å². The molecule has 1 saturated heterocycles. The van der Waals surface area contributed by atoms with Gasteiger partial charge in [0.25, 0.3) is 0 Å². The molecule has 0 bridgehead atoms. The molecule has 2 N–H and O–H groups in total. The Hall–Kier alpha value is -1.32. The monoisotopic (exact) mass is 434 g/mol. The summed E-state index contributed by atoms with van der Waals surface area (Å²) in [4.78, 5) is 34.0. The molecule has 1 fully saturated rings. The summed E-state index contributed by atoms with van der Waals surface area (Å²) < 4.78 is 5.51. The normalized spacial score (nSPS) is 22.3. The number of carbonyl (C=O) groups excluding carboxylic acids is 2. The predicted molar refractivity (Wildman–Crippen MR) is 93.7 cm³/mol. The summed E-state index contributed by atoms with van der Waals surface area (Å²) >= 11 is 2.14. The van der Waals surface area contributed by atoms with Crippen LogP contribution in [0.15, 0.2) is 6.20 Å². The molecule has 8 heteroatoms. The van der Waals surface area contributed by atoms with E-state index >= 15 is 0 Å². The lowest BCUT2D eigenvalue weighted by molar-refractivity contribution is -0.135. The van der Waals surface area contributed by atoms with Crippen molar-refractivity contribution in [1.82, 2.24) is 20.2 Å². The molecule has 0 aliphatic carbocycles. The molecule has 7 nitrogen and oxygen atoms in total. The molecule has 1 aromatic rings. The lowest BCUT2D eigenvalue weighted by atomic mass is 10.0. The molecule has 1 aromatic heterocycles. The van der Waals surface area contributed by atoms with E-state index in [0.717, 1.165) is 15.9 Å². The molecule has 3 atom stereocenters. The first-order valence-electron chi connectivity index (χ1n) is 7.69. The number of ether oxygens (including phenoxy) is 1. The SMILES string of the molecule is COC(=O)N[C@H](C(=O)N1C[C@H](C)C[C@H]1c1nc(I)c[nH]1)C(C)C. The molecule has 0 saturated carbocycles. The quantitative estimate of drug-likeness (QED) is 0.713. The van der Waals surface area contributed by atoms with Crippen LogP contribution in [0.25, 0.3) is 0 Å². The number of nitrogens with zero attached hydrogens (tertiary/aromatic N) is 2. The first-order valence-corrected chi connectivity index (χ1v) is 8.77. The van der Waals surface area contributed by atoms with Crippen LogP contribution in [0.4, 0.5) is 4.79 Å². The third kappa shape index (κ3) is 4.15. The van der Waals surface area contributed by atoms with E-state index in [9.17, 15) is 9.59 Å². The first-order chi connectivity index (χ1) is 10.8. The van der Waals surface area contributed by atoms with Gasteiger partial charge < -0.3 is 19.9 Å². The van der Waals surface area contributed by atoms with Gasteiger partial charge in [-0.25, -0.2) is 9.78 Å². The number of hydrogen-bond acceptors (Lipinski definition) is 4. The van der Waals surface area contributed by atoms with Crippen molar-refractivity contribution < 1.29 is 14.3 Å². The highest BCUT2D eigenvalue weighted by atomic mass is 127. The molecule has 0 aromatic carbocycles. The Kier molecular flexibility index (Phi) is 5.88. The maximum Gasteiger partial charge on any atom is 0.407 e. The maximum atomic E-state index is 13.0. The van der Waals surface area contributed by atoms with Crippen LogP contribution in [0.2, 0.25) is 0 Å². The summed E-state index contributed by atoms with van der Waals surface area (Å²) in [5.41, 5.74) is 0. The van der Waals surface area contributed by atoms with Crippen molar-refractivity contribution in [3.05, 3.63) is 15.7 Å². The van der Waals surface area contributed by atoms with Gasteiger partial charge in [-0.15, -0.1) is 0 Å². The second-order valence-electron chi connectivity index (χ2n) is 6.31. The van der Waals surface area contributed by atoms with Gasteiger partial charge in [-0.3, -0.25) is 4.79 Å². The number of amides is 2. The Morgan fingerprint density at radius 2 is 2.22 bits per heavy atom. The second-order valence-corrected chi connectivity index (χ2v) is 7.42. The fourth-order valence-corrected chi connectivity index (χ4v) is 3.33. The number of H-pyrrole nitrogens is 1. The molecule has 0 radical (unpaired) electrons. The number of methoxy groups -OCH3 is 1. The number of hydrogen-bond donors (Lipinski definition) is 2. The first kappa shape index (κ1) is 18.0. The predicted octanol–water partition coefficient (Wildman–Crippen LogP) is 2.30. The third-order valence-corrected chi connectivity index (χ3v) is 4.62. The molecule has 2 rings (SSSR count). The molecule has 0 spiro atoms. The van der Waals surface area contributed by atoms with E-state index in [1.807, 2.05) is 24.9 Å². The summed E-state index contributed by atoms with van der Waals surface area (Å²) in [6.45, 7) is 6.59. The standard InChI is InChI=1S/C15H23IN4O3/c1-8(2)12(19-15(22)23-4)14(21)20-7-9(3)5-10(20)13-17-6-11(16)18-13/h6,8-10,12H,5,7H2,1-4H3,(H,17,18)(H,19,22)/t9-,10+,12+/m1/s1. The van der Waals surface area contributed by atoms with Crippen LogP contribution < -0.4 is 5.32 Å². The number of rotatable bonds is 4. The van der Waals surface area contributed by atoms with Crippen molar-refractivity contribution in [3.63, 3.8) is 0 Å². The van der Waals surface area contributed by atoms with Gasteiger partial charge in [-0.1, -0.05) is 20.8 Å². The number of halogens is 1. The van der Waals surface area contributed by atoms with Crippen molar-refractivity contribution in [3.8, 4) is 0 Å². The zero-order valence-electron chi connectivity index (χ0n) is 13.8. The molecule has 2 amide bonds. The van der Waals surface area contributed by atoms with Crippen molar-refractivity contribution in [2.75, 3.05) is 13.7 Å². The van der Waals surface area contributed by atoms with Gasteiger partial charge in [-0.2, -0.15) is 0 Å². The van der Waals surface area contributed by atoms with E-state index in [2.05, 4.69) is 49.5 Å². The molecule has 23 heavy (non-hydrogen) atoms. The Balaban J connectivity index is 2.21. The molecular weight excluding hydrogens is 411 g/mol. The van der Waals surface area contributed by atoms with Gasteiger partial charge >= 0.3 is 6.09 Å². The van der Waals surface area contributed by atoms with Crippen LogP contribution >= 0.6 is 22.6 Å². The van der Waals surface area contributed by atoms with Crippen LogP contribution in [0.3, 0.4) is 0 Å². The smallest absolute Gasteiger partial charge is 0.407 e. The average molecular weight is 434 g/mol. The van der Waals surface area contributed by atoms with Gasteiger partial charge in [0, 0.05) is 12.7 Å². The number of imidazole rings is 1. The van der Waals surface area contributed by atoms with Gasteiger partial charge in [-0.05, 0) is 40.8 Å². The highest BCUT2D eigenvalue weighted by Crippen LogP contribution is 2.34. The van der Waals surface area contributed by atoms with E-state index < -0.39 is 12.1 Å². The number of carbonyl (C=O) groups is 2. The van der Waals surface area contributed by atoms with Crippen molar-refractivity contribution in [1.29, 1.82) is 0 Å². The third-order valence-electron chi connectivity index (χ3n) is 4.07. The largest absolute Gasteiger partial charge is 0.453 e.